The second-order valence-electron chi connectivity index (χ2n) is 7.36. The van der Waals surface area contributed by atoms with E-state index >= 15 is 0 Å². The highest BCUT2D eigenvalue weighted by atomic mass is 19.1. The van der Waals surface area contributed by atoms with Crippen molar-refractivity contribution in [2.75, 3.05) is 28.6 Å². The zero-order valence-corrected chi connectivity index (χ0v) is 15.7. The van der Waals surface area contributed by atoms with Crippen LogP contribution in [0, 0.1) is 11.6 Å². The average Bonchev–Trinajstić information content (AvgIpc) is 2.95. The first-order chi connectivity index (χ1) is 13.4. The van der Waals surface area contributed by atoms with Crippen molar-refractivity contribution in [3.05, 3.63) is 59.8 Å². The summed E-state index contributed by atoms with van der Waals surface area (Å²) < 4.78 is 28.8. The van der Waals surface area contributed by atoms with Gasteiger partial charge in [0.05, 0.1) is 16.9 Å². The topological polar surface area (TPSA) is 56.4 Å². The molecule has 2 aromatic carbocycles. The first kappa shape index (κ1) is 18.4. The SMILES string of the molecule is CC1CN(c2ccc(NC=C3C(=O)Nc4cccc(F)c43)cc2F)CC(C)N1. The Morgan fingerprint density at radius 1 is 1.11 bits per heavy atom. The summed E-state index contributed by atoms with van der Waals surface area (Å²) in [5.41, 5.74) is 1.88. The number of rotatable bonds is 3. The third-order valence-corrected chi connectivity index (χ3v) is 5.00. The van der Waals surface area contributed by atoms with Crippen molar-refractivity contribution in [3.8, 4) is 0 Å². The van der Waals surface area contributed by atoms with E-state index in [9.17, 15) is 13.6 Å². The minimum absolute atomic E-state index is 0.183. The number of fused-ring (bicyclic) bond motifs is 1. The van der Waals surface area contributed by atoms with Gasteiger partial charge >= 0.3 is 0 Å². The van der Waals surface area contributed by atoms with E-state index in [0.29, 0.717) is 17.1 Å². The van der Waals surface area contributed by atoms with Gasteiger partial charge in [0.2, 0.25) is 0 Å². The van der Waals surface area contributed by atoms with Crippen molar-refractivity contribution in [2.45, 2.75) is 25.9 Å². The van der Waals surface area contributed by atoms with Crippen LogP contribution >= 0.6 is 0 Å². The van der Waals surface area contributed by atoms with Gasteiger partial charge in [-0.25, -0.2) is 8.78 Å². The Bertz CT molecular complexity index is 949. The van der Waals surface area contributed by atoms with E-state index in [4.69, 9.17) is 0 Å². The minimum atomic E-state index is -0.479. The molecule has 3 N–H and O–H groups in total. The molecule has 7 heteroatoms. The number of carbonyl (C=O) groups excluding carboxylic acids is 1. The number of hydrogen-bond donors (Lipinski definition) is 3. The molecule has 0 saturated carbocycles. The molecule has 2 heterocycles. The second kappa shape index (κ2) is 7.24. The first-order valence-corrected chi connectivity index (χ1v) is 9.30. The van der Waals surface area contributed by atoms with Gasteiger partial charge in [-0.15, -0.1) is 0 Å². The molecule has 28 heavy (non-hydrogen) atoms. The molecule has 2 aliphatic heterocycles. The fraction of sp³-hybridized carbons (Fsp3) is 0.286. The van der Waals surface area contributed by atoms with Crippen LogP contribution in [-0.2, 0) is 4.79 Å². The maximum atomic E-state index is 14.7. The highest BCUT2D eigenvalue weighted by Gasteiger charge is 2.27. The summed E-state index contributed by atoms with van der Waals surface area (Å²) in [7, 11) is 0. The molecule has 0 aromatic heterocycles. The van der Waals surface area contributed by atoms with Crippen LogP contribution in [-0.4, -0.2) is 31.1 Å². The minimum Gasteiger partial charge on any atom is -0.366 e. The third-order valence-electron chi connectivity index (χ3n) is 5.00. The van der Waals surface area contributed by atoms with Crippen molar-refractivity contribution >= 4 is 28.5 Å². The molecule has 4 rings (SSSR count). The van der Waals surface area contributed by atoms with E-state index in [1.54, 1.807) is 18.2 Å². The zero-order valence-electron chi connectivity index (χ0n) is 15.7. The van der Waals surface area contributed by atoms with Gasteiger partial charge in [0.1, 0.15) is 11.6 Å². The number of benzene rings is 2. The van der Waals surface area contributed by atoms with Gasteiger partial charge in [0.25, 0.3) is 5.91 Å². The maximum Gasteiger partial charge on any atom is 0.257 e. The van der Waals surface area contributed by atoms with Crippen molar-refractivity contribution in [3.63, 3.8) is 0 Å². The van der Waals surface area contributed by atoms with E-state index < -0.39 is 11.7 Å². The normalized spacial score (nSPS) is 22.9. The van der Waals surface area contributed by atoms with E-state index in [1.165, 1.54) is 24.4 Å². The first-order valence-electron chi connectivity index (χ1n) is 9.30. The molecule has 0 bridgehead atoms. The molecule has 1 amide bonds. The van der Waals surface area contributed by atoms with Crippen molar-refractivity contribution in [2.24, 2.45) is 0 Å². The van der Waals surface area contributed by atoms with Crippen molar-refractivity contribution in [1.29, 1.82) is 0 Å². The monoisotopic (exact) mass is 384 g/mol. The van der Waals surface area contributed by atoms with Crippen LogP contribution in [0.4, 0.5) is 25.8 Å². The lowest BCUT2D eigenvalue weighted by Gasteiger charge is -2.37. The smallest absolute Gasteiger partial charge is 0.257 e. The molecule has 0 spiro atoms. The van der Waals surface area contributed by atoms with E-state index in [0.717, 1.165) is 13.1 Å². The summed E-state index contributed by atoms with van der Waals surface area (Å²) in [6.07, 6.45) is 1.41. The number of anilines is 3. The number of nitrogens with one attached hydrogen (secondary N) is 3. The Morgan fingerprint density at radius 2 is 1.86 bits per heavy atom. The van der Waals surface area contributed by atoms with Crippen LogP contribution in [0.2, 0.25) is 0 Å². The lowest BCUT2D eigenvalue weighted by atomic mass is 10.1. The van der Waals surface area contributed by atoms with Crippen molar-refractivity contribution < 1.29 is 13.6 Å². The predicted octanol–water partition coefficient (Wildman–Crippen LogP) is 3.56. The maximum absolute atomic E-state index is 14.7. The molecule has 2 aromatic rings. The highest BCUT2D eigenvalue weighted by molar-refractivity contribution is 6.31. The second-order valence-corrected chi connectivity index (χ2v) is 7.36. The zero-order chi connectivity index (χ0) is 19.8. The molecular formula is C21H22F2N4O. The molecule has 2 atom stereocenters. The molecule has 2 unspecified atom stereocenters. The fourth-order valence-electron chi connectivity index (χ4n) is 3.88. The summed E-state index contributed by atoms with van der Waals surface area (Å²) in [5, 5.41) is 8.96. The summed E-state index contributed by atoms with van der Waals surface area (Å²) >= 11 is 0. The quantitative estimate of drug-likeness (QED) is 0.709. The predicted molar refractivity (Wildman–Crippen MR) is 107 cm³/mol. The van der Waals surface area contributed by atoms with Crippen LogP contribution in [0.3, 0.4) is 0 Å². The van der Waals surface area contributed by atoms with Crippen LogP contribution in [0.15, 0.2) is 42.6 Å². The lowest BCUT2D eigenvalue weighted by molar-refractivity contribution is -0.110. The van der Waals surface area contributed by atoms with E-state index in [2.05, 4.69) is 29.8 Å². The van der Waals surface area contributed by atoms with E-state index in [1.807, 2.05) is 4.90 Å². The standard InChI is InChI=1S/C21H22F2N4O/c1-12-10-27(11-13(2)25-12)19-7-6-14(8-17(19)23)24-9-15-20-16(22)4-3-5-18(20)26-21(15)28/h3-9,12-13,24-25H,10-11H2,1-2H3,(H,26,28). The molecule has 146 valence electrons. The number of amides is 1. The summed E-state index contributed by atoms with van der Waals surface area (Å²) in [6, 6.07) is 9.91. The van der Waals surface area contributed by atoms with E-state index in [-0.39, 0.29) is 29.0 Å². The summed E-state index contributed by atoms with van der Waals surface area (Å²) in [4.78, 5) is 14.1. The van der Waals surface area contributed by atoms with Crippen LogP contribution < -0.4 is 20.9 Å². The molecule has 1 saturated heterocycles. The third kappa shape index (κ3) is 3.45. The lowest BCUT2D eigenvalue weighted by Crippen LogP contribution is -2.54. The van der Waals surface area contributed by atoms with Gasteiger partial charge in [-0.05, 0) is 44.2 Å². The Kier molecular flexibility index (Phi) is 4.77. The highest BCUT2D eigenvalue weighted by Crippen LogP contribution is 2.34. The van der Waals surface area contributed by atoms with Crippen molar-refractivity contribution in [1.82, 2.24) is 5.32 Å². The Morgan fingerprint density at radius 3 is 2.57 bits per heavy atom. The molecule has 0 aliphatic carbocycles. The largest absolute Gasteiger partial charge is 0.366 e. The van der Waals surface area contributed by atoms with Gasteiger partial charge in [0.15, 0.2) is 0 Å². The van der Waals surface area contributed by atoms with Gasteiger partial charge in [-0.2, -0.15) is 0 Å². The van der Waals surface area contributed by atoms with Gasteiger partial charge in [-0.3, -0.25) is 4.79 Å². The fourth-order valence-corrected chi connectivity index (χ4v) is 3.88. The summed E-state index contributed by atoms with van der Waals surface area (Å²) in [6.45, 7) is 5.61. The Hall–Kier alpha value is -2.93. The number of carbonyl (C=O) groups is 1. The summed E-state index contributed by atoms with van der Waals surface area (Å²) in [5.74, 6) is -1.21. The number of hydrogen-bond acceptors (Lipinski definition) is 4. The number of nitrogens with zero attached hydrogens (tertiary/aromatic N) is 1. The van der Waals surface area contributed by atoms with Gasteiger partial charge in [-0.1, -0.05) is 6.07 Å². The Labute approximate surface area is 162 Å². The number of halogens is 2. The van der Waals surface area contributed by atoms with Crippen LogP contribution in [0.1, 0.15) is 19.4 Å². The number of piperazine rings is 1. The molecule has 0 radical (unpaired) electrons. The Balaban J connectivity index is 1.55. The molecule has 1 fully saturated rings. The molecule has 5 nitrogen and oxygen atoms in total. The van der Waals surface area contributed by atoms with Crippen LogP contribution in [0.5, 0.6) is 0 Å². The van der Waals surface area contributed by atoms with Gasteiger partial charge in [0, 0.05) is 42.6 Å². The molecule has 2 aliphatic rings. The molecular weight excluding hydrogens is 362 g/mol. The average molecular weight is 384 g/mol. The van der Waals surface area contributed by atoms with Crippen LogP contribution in [0.25, 0.3) is 5.57 Å². The van der Waals surface area contributed by atoms with Gasteiger partial charge < -0.3 is 20.9 Å².